The second-order valence-corrected chi connectivity index (χ2v) is 9.95. The van der Waals surface area contributed by atoms with Gasteiger partial charge in [0.2, 0.25) is 11.7 Å². The van der Waals surface area contributed by atoms with Crippen LogP contribution in [0, 0.1) is 0 Å². The summed E-state index contributed by atoms with van der Waals surface area (Å²) in [6.07, 6.45) is -3.46. The van der Waals surface area contributed by atoms with Gasteiger partial charge in [-0.05, 0) is 47.2 Å². The minimum atomic E-state index is -4.53. The summed E-state index contributed by atoms with van der Waals surface area (Å²) in [5, 5.41) is 13.1. The standard InChI is InChI=1S/C30H25F3N2O5/c1-2-26-34-29(35-40-26)17-5-3-16(4-6-17)28-22-10-12-24(21(22)9-11-23(28)30(31,32)33)39-19-7-8-20-18(13-27(36)37)15-38-25(20)14-19/h3-9,11,14,18,24H,2,10,12-13,15H2,1H3,(H,36,37). The number of hydrogen-bond acceptors (Lipinski definition) is 6. The first kappa shape index (κ1) is 25.9. The maximum atomic E-state index is 14.2. The Bertz CT molecular complexity index is 1580. The molecule has 7 nitrogen and oxygen atoms in total. The Morgan fingerprint density at radius 1 is 1.07 bits per heavy atom. The van der Waals surface area contributed by atoms with Gasteiger partial charge in [-0.25, -0.2) is 0 Å². The lowest BCUT2D eigenvalue weighted by Crippen LogP contribution is -2.10. The van der Waals surface area contributed by atoms with Gasteiger partial charge in [-0.3, -0.25) is 4.79 Å². The largest absolute Gasteiger partial charge is 0.492 e. The van der Waals surface area contributed by atoms with Crippen molar-refractivity contribution in [2.45, 2.75) is 50.8 Å². The zero-order chi connectivity index (χ0) is 28.0. The van der Waals surface area contributed by atoms with E-state index >= 15 is 0 Å². The van der Waals surface area contributed by atoms with Crippen molar-refractivity contribution in [1.29, 1.82) is 0 Å². The molecule has 0 saturated heterocycles. The van der Waals surface area contributed by atoms with Crippen molar-refractivity contribution >= 4 is 5.97 Å². The quantitative estimate of drug-likeness (QED) is 0.265. The molecule has 6 rings (SSSR count). The number of aliphatic carboxylic acids is 1. The molecule has 0 radical (unpaired) electrons. The number of rotatable bonds is 7. The third kappa shape index (κ3) is 4.78. The van der Waals surface area contributed by atoms with Gasteiger partial charge in [-0.15, -0.1) is 0 Å². The molecule has 1 aromatic heterocycles. The van der Waals surface area contributed by atoms with E-state index in [2.05, 4.69) is 10.1 Å². The van der Waals surface area contributed by atoms with Crippen molar-refractivity contribution in [3.8, 4) is 34.0 Å². The molecular weight excluding hydrogens is 525 g/mol. The summed E-state index contributed by atoms with van der Waals surface area (Å²) in [5.41, 5.74) is 2.69. The van der Waals surface area contributed by atoms with E-state index in [1.54, 1.807) is 42.5 Å². The van der Waals surface area contributed by atoms with Crippen LogP contribution in [-0.2, 0) is 23.8 Å². The van der Waals surface area contributed by atoms with Crippen LogP contribution in [-0.4, -0.2) is 27.8 Å². The van der Waals surface area contributed by atoms with E-state index in [0.717, 1.165) is 11.6 Å². The van der Waals surface area contributed by atoms with E-state index in [1.807, 2.05) is 6.92 Å². The van der Waals surface area contributed by atoms with E-state index in [1.165, 1.54) is 6.07 Å². The number of aromatic nitrogens is 2. The van der Waals surface area contributed by atoms with Crippen LogP contribution in [0.4, 0.5) is 13.2 Å². The molecule has 2 aliphatic rings. The van der Waals surface area contributed by atoms with Gasteiger partial charge in [-0.2, -0.15) is 18.2 Å². The van der Waals surface area contributed by atoms with Crippen LogP contribution in [0.3, 0.4) is 0 Å². The van der Waals surface area contributed by atoms with E-state index in [0.29, 0.717) is 64.7 Å². The molecule has 2 unspecified atom stereocenters. The molecule has 1 N–H and O–H groups in total. The fourth-order valence-corrected chi connectivity index (χ4v) is 5.53. The Balaban J connectivity index is 1.31. The average molecular weight is 551 g/mol. The van der Waals surface area contributed by atoms with Crippen molar-refractivity contribution < 1.29 is 37.1 Å². The summed E-state index contributed by atoms with van der Waals surface area (Å²) >= 11 is 0. The number of ether oxygens (including phenoxy) is 2. The van der Waals surface area contributed by atoms with Gasteiger partial charge in [0.15, 0.2) is 0 Å². The third-order valence-electron chi connectivity index (χ3n) is 7.42. The second-order valence-electron chi connectivity index (χ2n) is 9.95. The van der Waals surface area contributed by atoms with Gasteiger partial charge in [0, 0.05) is 29.5 Å². The molecule has 0 saturated carbocycles. The first-order valence-electron chi connectivity index (χ1n) is 13.0. The Hall–Kier alpha value is -4.34. The van der Waals surface area contributed by atoms with Crippen LogP contribution < -0.4 is 9.47 Å². The molecule has 10 heteroatoms. The molecule has 1 aliphatic heterocycles. The molecule has 206 valence electrons. The lowest BCUT2D eigenvalue weighted by molar-refractivity contribution is -0.138. The molecular formula is C30H25F3N2O5. The number of aryl methyl sites for hydroxylation is 1. The van der Waals surface area contributed by atoms with Crippen molar-refractivity contribution in [2.75, 3.05) is 6.61 Å². The highest BCUT2D eigenvalue weighted by atomic mass is 19.4. The highest BCUT2D eigenvalue weighted by Gasteiger charge is 2.38. The van der Waals surface area contributed by atoms with Gasteiger partial charge >= 0.3 is 12.1 Å². The molecule has 2 heterocycles. The third-order valence-corrected chi connectivity index (χ3v) is 7.42. The van der Waals surface area contributed by atoms with Crippen LogP contribution in [0.1, 0.15) is 59.9 Å². The van der Waals surface area contributed by atoms with Crippen molar-refractivity contribution in [3.05, 3.63) is 82.7 Å². The monoisotopic (exact) mass is 550 g/mol. The zero-order valence-electron chi connectivity index (χ0n) is 21.5. The van der Waals surface area contributed by atoms with Crippen molar-refractivity contribution in [1.82, 2.24) is 10.1 Å². The number of alkyl halides is 3. The maximum absolute atomic E-state index is 14.2. The van der Waals surface area contributed by atoms with Gasteiger partial charge in [0.25, 0.3) is 0 Å². The van der Waals surface area contributed by atoms with E-state index < -0.39 is 23.8 Å². The highest BCUT2D eigenvalue weighted by Crippen LogP contribution is 2.47. The van der Waals surface area contributed by atoms with Crippen LogP contribution in [0.5, 0.6) is 11.5 Å². The first-order valence-corrected chi connectivity index (χ1v) is 13.0. The van der Waals surface area contributed by atoms with Crippen LogP contribution >= 0.6 is 0 Å². The lowest BCUT2D eigenvalue weighted by atomic mass is 9.91. The minimum absolute atomic E-state index is 0.0244. The SMILES string of the molecule is CCc1nc(-c2ccc(-c3c(C(F)(F)F)ccc4c3CCC4Oc3ccc4c(c3)OCC4CC(=O)O)cc2)no1. The first-order chi connectivity index (χ1) is 19.2. The minimum Gasteiger partial charge on any atom is -0.492 e. The Kier molecular flexibility index (Phi) is 6.48. The number of nitrogens with zero attached hydrogens (tertiary/aromatic N) is 2. The molecule has 1 aliphatic carbocycles. The Morgan fingerprint density at radius 3 is 2.52 bits per heavy atom. The summed E-state index contributed by atoms with van der Waals surface area (Å²) < 4.78 is 59.6. The number of halogens is 3. The van der Waals surface area contributed by atoms with E-state index in [-0.39, 0.29) is 24.5 Å². The van der Waals surface area contributed by atoms with E-state index in [4.69, 9.17) is 19.1 Å². The number of carboxylic acid groups (broad SMARTS) is 1. The van der Waals surface area contributed by atoms with Crippen LogP contribution in [0.15, 0.2) is 59.1 Å². The van der Waals surface area contributed by atoms with Crippen LogP contribution in [0.2, 0.25) is 0 Å². The fraction of sp³-hybridized carbons (Fsp3) is 0.300. The number of fused-ring (bicyclic) bond motifs is 2. The van der Waals surface area contributed by atoms with E-state index in [9.17, 15) is 18.0 Å². The molecule has 0 spiro atoms. The summed E-state index contributed by atoms with van der Waals surface area (Å²) in [7, 11) is 0. The normalized spacial score (nSPS) is 17.8. The second kappa shape index (κ2) is 10.0. The highest BCUT2D eigenvalue weighted by molar-refractivity contribution is 5.76. The Labute approximate surface area is 227 Å². The predicted octanol–water partition coefficient (Wildman–Crippen LogP) is 7.00. The maximum Gasteiger partial charge on any atom is 0.417 e. The molecule has 4 aromatic rings. The number of benzene rings is 3. The lowest BCUT2D eigenvalue weighted by Gasteiger charge is -2.20. The predicted molar refractivity (Wildman–Crippen MR) is 138 cm³/mol. The topological polar surface area (TPSA) is 94.7 Å². The summed E-state index contributed by atoms with van der Waals surface area (Å²) in [5.74, 6) is 0.845. The molecule has 40 heavy (non-hydrogen) atoms. The summed E-state index contributed by atoms with van der Waals surface area (Å²) in [4.78, 5) is 15.4. The van der Waals surface area contributed by atoms with Crippen LogP contribution in [0.25, 0.3) is 22.5 Å². The number of hydrogen-bond donors (Lipinski definition) is 1. The van der Waals surface area contributed by atoms with Gasteiger partial charge < -0.3 is 19.1 Å². The van der Waals surface area contributed by atoms with Crippen molar-refractivity contribution in [3.63, 3.8) is 0 Å². The number of carboxylic acids is 1. The molecule has 0 bridgehead atoms. The smallest absolute Gasteiger partial charge is 0.417 e. The Morgan fingerprint density at radius 2 is 1.82 bits per heavy atom. The summed E-state index contributed by atoms with van der Waals surface area (Å²) in [6.45, 7) is 2.17. The van der Waals surface area contributed by atoms with Gasteiger partial charge in [-0.1, -0.05) is 48.5 Å². The fourth-order valence-electron chi connectivity index (χ4n) is 5.53. The van der Waals surface area contributed by atoms with Gasteiger partial charge in [0.05, 0.1) is 18.6 Å². The molecule has 0 fully saturated rings. The average Bonchev–Trinajstić information content (AvgIpc) is 3.67. The molecule has 3 aromatic carbocycles. The molecule has 2 atom stereocenters. The van der Waals surface area contributed by atoms with Gasteiger partial charge in [0.1, 0.15) is 17.6 Å². The summed E-state index contributed by atoms with van der Waals surface area (Å²) in [6, 6.07) is 14.6. The number of carbonyl (C=O) groups is 1. The van der Waals surface area contributed by atoms with Crippen molar-refractivity contribution in [2.24, 2.45) is 0 Å². The molecule has 0 amide bonds. The zero-order valence-corrected chi connectivity index (χ0v) is 21.5.